The highest BCUT2D eigenvalue weighted by molar-refractivity contribution is 6.00. The maximum atomic E-state index is 13.1. The highest BCUT2D eigenvalue weighted by Crippen LogP contribution is 2.38. The molecule has 0 spiro atoms. The third-order valence-corrected chi connectivity index (χ3v) is 5.05. The second-order valence-corrected chi connectivity index (χ2v) is 6.47. The molecule has 0 aliphatic carbocycles. The summed E-state index contributed by atoms with van der Waals surface area (Å²) in [6.07, 6.45) is 3.38. The first-order chi connectivity index (χ1) is 12.5. The van der Waals surface area contributed by atoms with Gasteiger partial charge < -0.3 is 14.4 Å². The van der Waals surface area contributed by atoms with Gasteiger partial charge in [0.1, 0.15) is 6.04 Å². The number of carbonyl (C=O) groups is 2. The lowest BCUT2D eigenvalue weighted by molar-refractivity contribution is -0.137. The van der Waals surface area contributed by atoms with Crippen LogP contribution < -0.4 is 15.0 Å². The van der Waals surface area contributed by atoms with Crippen LogP contribution in [0.2, 0.25) is 0 Å². The topological polar surface area (TPSA) is 88.1 Å². The number of nitrogens with zero attached hydrogens (tertiary/aromatic N) is 1. The Hall–Kier alpha value is -2.28. The van der Waals surface area contributed by atoms with E-state index in [9.17, 15) is 9.59 Å². The van der Waals surface area contributed by atoms with Crippen LogP contribution in [0.1, 0.15) is 61.4 Å². The number of hydroxylamine groups is 1. The van der Waals surface area contributed by atoms with Gasteiger partial charge in [0.15, 0.2) is 11.5 Å². The van der Waals surface area contributed by atoms with E-state index in [0.717, 1.165) is 24.8 Å². The predicted octanol–water partition coefficient (Wildman–Crippen LogP) is 2.72. The summed E-state index contributed by atoms with van der Waals surface area (Å²) in [5.74, 6) is 0.490. The summed E-state index contributed by atoms with van der Waals surface area (Å²) in [5.41, 5.74) is 3.07. The van der Waals surface area contributed by atoms with Crippen molar-refractivity contribution in [2.45, 2.75) is 51.5 Å². The molecular formula is C19H28N2O5. The molecule has 2 rings (SSSR count). The van der Waals surface area contributed by atoms with Gasteiger partial charge in [0.25, 0.3) is 11.8 Å². The van der Waals surface area contributed by atoms with E-state index < -0.39 is 11.9 Å². The highest BCUT2D eigenvalue weighted by atomic mass is 16.5. The van der Waals surface area contributed by atoms with E-state index in [1.54, 1.807) is 18.7 Å². The molecule has 0 saturated carbocycles. The molecule has 1 aliphatic heterocycles. The molecule has 2 amide bonds. The number of likely N-dealkylation sites (tertiary alicyclic amines) is 1. The molecule has 1 aliphatic rings. The van der Waals surface area contributed by atoms with E-state index in [2.05, 4.69) is 13.8 Å². The summed E-state index contributed by atoms with van der Waals surface area (Å²) in [6, 6.07) is 2.93. The number of rotatable bonds is 8. The van der Waals surface area contributed by atoms with Crippen molar-refractivity contribution in [3.05, 3.63) is 23.3 Å². The van der Waals surface area contributed by atoms with Gasteiger partial charge in [0.05, 0.1) is 14.2 Å². The number of hydrogen-bond donors (Lipinski definition) is 2. The Balaban J connectivity index is 2.47. The molecule has 26 heavy (non-hydrogen) atoms. The van der Waals surface area contributed by atoms with Crippen LogP contribution in [0.15, 0.2) is 12.1 Å². The molecule has 144 valence electrons. The number of benzene rings is 1. The van der Waals surface area contributed by atoms with Crippen LogP contribution in [0.3, 0.4) is 0 Å². The quantitative estimate of drug-likeness (QED) is 0.547. The SMILES string of the molecule is CCCC(CC)c1cc(OC)c(OC)cc1C(=O)N1CC[C@@H]1C(=O)NO. The van der Waals surface area contributed by atoms with Crippen molar-refractivity contribution >= 4 is 11.8 Å². The first-order valence-electron chi connectivity index (χ1n) is 9.03. The van der Waals surface area contributed by atoms with Crippen molar-refractivity contribution in [1.29, 1.82) is 0 Å². The fourth-order valence-corrected chi connectivity index (χ4v) is 3.48. The molecule has 0 aromatic heterocycles. The smallest absolute Gasteiger partial charge is 0.266 e. The van der Waals surface area contributed by atoms with Crippen molar-refractivity contribution in [1.82, 2.24) is 10.4 Å². The minimum absolute atomic E-state index is 0.213. The van der Waals surface area contributed by atoms with Gasteiger partial charge in [-0.2, -0.15) is 0 Å². The standard InChI is InChI=1S/C19H28N2O5/c1-5-7-12(6-2)13-10-16(25-3)17(26-4)11-14(13)19(23)21-9-8-15(21)18(22)20-24/h10-12,15,24H,5-9H2,1-4H3,(H,20,22)/t12?,15-/m1/s1. The first-order valence-corrected chi connectivity index (χ1v) is 9.03. The molecule has 0 bridgehead atoms. The van der Waals surface area contributed by atoms with Gasteiger partial charge in [0, 0.05) is 12.1 Å². The zero-order valence-electron chi connectivity index (χ0n) is 15.9. The average Bonchev–Trinajstić information content (AvgIpc) is 2.63. The normalized spacial score (nSPS) is 17.3. The van der Waals surface area contributed by atoms with E-state index >= 15 is 0 Å². The summed E-state index contributed by atoms with van der Waals surface area (Å²) in [5, 5.41) is 8.87. The van der Waals surface area contributed by atoms with Crippen molar-refractivity contribution in [2.75, 3.05) is 20.8 Å². The monoisotopic (exact) mass is 364 g/mol. The van der Waals surface area contributed by atoms with Crippen LogP contribution in [0.5, 0.6) is 11.5 Å². The van der Waals surface area contributed by atoms with Crippen molar-refractivity contribution in [2.24, 2.45) is 0 Å². The fourth-order valence-electron chi connectivity index (χ4n) is 3.48. The zero-order valence-corrected chi connectivity index (χ0v) is 15.9. The van der Waals surface area contributed by atoms with Gasteiger partial charge in [-0.1, -0.05) is 20.3 Å². The maximum absolute atomic E-state index is 13.1. The minimum Gasteiger partial charge on any atom is -0.493 e. The first kappa shape index (κ1) is 20.0. The molecule has 2 N–H and O–H groups in total. The summed E-state index contributed by atoms with van der Waals surface area (Å²) in [7, 11) is 3.10. The molecule has 7 heteroatoms. The Labute approximate surface area is 154 Å². The molecule has 1 unspecified atom stereocenters. The van der Waals surface area contributed by atoms with Crippen LogP contribution in [0, 0.1) is 0 Å². The van der Waals surface area contributed by atoms with Crippen molar-refractivity contribution in [3.63, 3.8) is 0 Å². The Morgan fingerprint density at radius 1 is 1.27 bits per heavy atom. The number of ether oxygens (including phenoxy) is 2. The number of methoxy groups -OCH3 is 2. The summed E-state index contributed by atoms with van der Waals surface area (Å²) < 4.78 is 10.8. The Morgan fingerprint density at radius 3 is 2.38 bits per heavy atom. The molecule has 2 atom stereocenters. The number of carbonyl (C=O) groups excluding carboxylic acids is 2. The summed E-state index contributed by atoms with van der Waals surface area (Å²) in [6.45, 7) is 4.69. The van der Waals surface area contributed by atoms with Gasteiger partial charge in [0.2, 0.25) is 0 Å². The van der Waals surface area contributed by atoms with Crippen LogP contribution in [0.25, 0.3) is 0 Å². The zero-order chi connectivity index (χ0) is 19.3. The van der Waals surface area contributed by atoms with E-state index in [4.69, 9.17) is 14.7 Å². The molecule has 1 heterocycles. The van der Waals surface area contributed by atoms with E-state index in [-0.39, 0.29) is 11.8 Å². The highest BCUT2D eigenvalue weighted by Gasteiger charge is 2.39. The van der Waals surface area contributed by atoms with Crippen LogP contribution >= 0.6 is 0 Å². The molecule has 7 nitrogen and oxygen atoms in total. The van der Waals surface area contributed by atoms with E-state index in [0.29, 0.717) is 30.0 Å². The van der Waals surface area contributed by atoms with Crippen molar-refractivity contribution in [3.8, 4) is 11.5 Å². The number of hydrogen-bond acceptors (Lipinski definition) is 5. The van der Waals surface area contributed by atoms with Gasteiger partial charge in [-0.25, -0.2) is 5.48 Å². The Bertz CT molecular complexity index is 662. The lowest BCUT2D eigenvalue weighted by Gasteiger charge is -2.39. The van der Waals surface area contributed by atoms with Crippen LogP contribution in [0.4, 0.5) is 0 Å². The second kappa shape index (κ2) is 8.89. The molecule has 1 aromatic carbocycles. The van der Waals surface area contributed by atoms with Gasteiger partial charge in [-0.05, 0) is 42.9 Å². The van der Waals surface area contributed by atoms with Gasteiger partial charge in [-0.3, -0.25) is 14.8 Å². The number of amides is 2. The predicted molar refractivity (Wildman–Crippen MR) is 96.9 cm³/mol. The third-order valence-electron chi connectivity index (χ3n) is 5.05. The lowest BCUT2D eigenvalue weighted by atomic mass is 9.87. The maximum Gasteiger partial charge on any atom is 0.266 e. The van der Waals surface area contributed by atoms with Gasteiger partial charge >= 0.3 is 0 Å². The molecule has 1 aromatic rings. The van der Waals surface area contributed by atoms with E-state index in [1.807, 2.05) is 6.07 Å². The second-order valence-electron chi connectivity index (χ2n) is 6.47. The lowest BCUT2D eigenvalue weighted by Crippen LogP contribution is -2.58. The minimum atomic E-state index is -0.639. The van der Waals surface area contributed by atoms with Crippen LogP contribution in [-0.2, 0) is 4.79 Å². The number of nitrogens with one attached hydrogen (secondary N) is 1. The summed E-state index contributed by atoms with van der Waals surface area (Å²) in [4.78, 5) is 26.4. The van der Waals surface area contributed by atoms with Crippen LogP contribution in [-0.4, -0.2) is 48.7 Å². The molecule has 1 fully saturated rings. The Kier molecular flexibility index (Phi) is 6.85. The summed E-state index contributed by atoms with van der Waals surface area (Å²) >= 11 is 0. The largest absolute Gasteiger partial charge is 0.493 e. The Morgan fingerprint density at radius 2 is 1.92 bits per heavy atom. The van der Waals surface area contributed by atoms with Gasteiger partial charge in [-0.15, -0.1) is 0 Å². The average molecular weight is 364 g/mol. The molecule has 0 radical (unpaired) electrons. The third kappa shape index (κ3) is 3.77. The van der Waals surface area contributed by atoms with Crippen molar-refractivity contribution < 1.29 is 24.3 Å². The fraction of sp³-hybridized carbons (Fsp3) is 0.579. The molecule has 1 saturated heterocycles. The molecular weight excluding hydrogens is 336 g/mol. The van der Waals surface area contributed by atoms with E-state index in [1.165, 1.54) is 12.0 Å².